The van der Waals surface area contributed by atoms with Crippen LogP contribution in [0.15, 0.2) is 48.0 Å². The highest BCUT2D eigenvalue weighted by molar-refractivity contribution is 5.77. The molecule has 0 heterocycles. The highest BCUT2D eigenvalue weighted by Gasteiger charge is 1.98. The number of unbranched alkanes of at least 4 members (excludes halogenated alkanes) is 1. The van der Waals surface area contributed by atoms with Crippen molar-refractivity contribution < 1.29 is 0 Å². The summed E-state index contributed by atoms with van der Waals surface area (Å²) < 4.78 is 0. The standard InChI is InChI=1S/C15H24N4/c1-3-11-17-15(16)18-12-7-8-13-19(2)14-9-5-4-6-10-14/h3-6,9-10H,1,7-8,11-13H2,2H3,(H3,16,17,18). The maximum Gasteiger partial charge on any atom is 0.188 e. The van der Waals surface area contributed by atoms with Crippen molar-refractivity contribution in [1.82, 2.24) is 5.32 Å². The second kappa shape index (κ2) is 9.03. The van der Waals surface area contributed by atoms with Crippen molar-refractivity contribution >= 4 is 11.6 Å². The summed E-state index contributed by atoms with van der Waals surface area (Å²) in [6, 6.07) is 10.4. The van der Waals surface area contributed by atoms with Crippen molar-refractivity contribution in [3.8, 4) is 0 Å². The number of para-hydroxylation sites is 1. The Morgan fingerprint density at radius 3 is 2.79 bits per heavy atom. The van der Waals surface area contributed by atoms with Crippen LogP contribution in [0.25, 0.3) is 0 Å². The van der Waals surface area contributed by atoms with Crippen molar-refractivity contribution in [2.24, 2.45) is 10.7 Å². The predicted molar refractivity (Wildman–Crippen MR) is 83.6 cm³/mol. The molecule has 4 heteroatoms. The van der Waals surface area contributed by atoms with Crippen LogP contribution in [0.4, 0.5) is 5.69 Å². The Kier molecular flexibility index (Phi) is 7.17. The van der Waals surface area contributed by atoms with Crippen LogP contribution in [0.2, 0.25) is 0 Å². The lowest BCUT2D eigenvalue weighted by Crippen LogP contribution is -2.31. The fourth-order valence-electron chi connectivity index (χ4n) is 1.70. The highest BCUT2D eigenvalue weighted by Crippen LogP contribution is 2.11. The molecule has 1 aromatic carbocycles. The lowest BCUT2D eigenvalue weighted by Gasteiger charge is -2.18. The molecule has 0 bridgehead atoms. The molecule has 1 aromatic rings. The zero-order valence-electron chi connectivity index (χ0n) is 11.7. The van der Waals surface area contributed by atoms with Crippen molar-refractivity contribution in [2.45, 2.75) is 12.8 Å². The SMILES string of the molecule is C=CCNC(N)=NCCCCN(C)c1ccccc1. The zero-order valence-corrected chi connectivity index (χ0v) is 11.7. The predicted octanol–water partition coefficient (Wildman–Crippen LogP) is 1.99. The van der Waals surface area contributed by atoms with Crippen LogP contribution in [0.1, 0.15) is 12.8 Å². The average molecular weight is 260 g/mol. The quantitative estimate of drug-likeness (QED) is 0.325. The van der Waals surface area contributed by atoms with E-state index >= 15 is 0 Å². The van der Waals surface area contributed by atoms with E-state index in [9.17, 15) is 0 Å². The van der Waals surface area contributed by atoms with Gasteiger partial charge in [-0.1, -0.05) is 24.3 Å². The van der Waals surface area contributed by atoms with E-state index in [0.29, 0.717) is 12.5 Å². The molecule has 0 fully saturated rings. The summed E-state index contributed by atoms with van der Waals surface area (Å²) >= 11 is 0. The summed E-state index contributed by atoms with van der Waals surface area (Å²) in [5, 5.41) is 2.96. The summed E-state index contributed by atoms with van der Waals surface area (Å²) in [4.78, 5) is 6.50. The normalized spacial score (nSPS) is 11.1. The van der Waals surface area contributed by atoms with Gasteiger partial charge in [-0.05, 0) is 25.0 Å². The van der Waals surface area contributed by atoms with E-state index in [1.54, 1.807) is 6.08 Å². The third-order valence-corrected chi connectivity index (χ3v) is 2.81. The number of nitrogens with zero attached hydrogens (tertiary/aromatic N) is 2. The Labute approximate surface area is 116 Å². The Morgan fingerprint density at radius 2 is 2.11 bits per heavy atom. The second-order valence-corrected chi connectivity index (χ2v) is 4.40. The van der Waals surface area contributed by atoms with E-state index in [-0.39, 0.29) is 0 Å². The van der Waals surface area contributed by atoms with Gasteiger partial charge in [0.1, 0.15) is 0 Å². The topological polar surface area (TPSA) is 53.6 Å². The Morgan fingerprint density at radius 1 is 1.37 bits per heavy atom. The first-order valence-corrected chi connectivity index (χ1v) is 6.65. The first-order valence-electron chi connectivity index (χ1n) is 6.65. The summed E-state index contributed by atoms with van der Waals surface area (Å²) in [5.41, 5.74) is 6.92. The maximum atomic E-state index is 5.67. The van der Waals surface area contributed by atoms with Gasteiger partial charge in [0.05, 0.1) is 0 Å². The molecule has 0 amide bonds. The van der Waals surface area contributed by atoms with E-state index in [2.05, 4.69) is 53.1 Å². The van der Waals surface area contributed by atoms with Gasteiger partial charge in [-0.2, -0.15) is 0 Å². The van der Waals surface area contributed by atoms with Crippen LogP contribution in [0, 0.1) is 0 Å². The lowest BCUT2D eigenvalue weighted by atomic mass is 10.2. The van der Waals surface area contributed by atoms with E-state index in [1.807, 2.05) is 6.07 Å². The Bertz CT molecular complexity index is 386. The molecular formula is C15H24N4. The fourth-order valence-corrected chi connectivity index (χ4v) is 1.70. The number of guanidine groups is 1. The first kappa shape index (κ1) is 15.1. The number of aliphatic imine (C=N–C) groups is 1. The van der Waals surface area contributed by atoms with E-state index in [1.165, 1.54) is 5.69 Å². The summed E-state index contributed by atoms with van der Waals surface area (Å²) in [6.45, 7) is 6.06. The molecule has 0 radical (unpaired) electrons. The fraction of sp³-hybridized carbons (Fsp3) is 0.400. The summed E-state index contributed by atoms with van der Waals surface area (Å²) in [6.07, 6.45) is 3.90. The van der Waals surface area contributed by atoms with Crippen LogP contribution in [0.5, 0.6) is 0 Å². The molecule has 104 valence electrons. The van der Waals surface area contributed by atoms with Gasteiger partial charge in [-0.3, -0.25) is 4.99 Å². The van der Waals surface area contributed by atoms with Crippen LogP contribution < -0.4 is 16.0 Å². The van der Waals surface area contributed by atoms with Crippen LogP contribution in [-0.2, 0) is 0 Å². The monoisotopic (exact) mass is 260 g/mol. The molecule has 0 saturated heterocycles. The van der Waals surface area contributed by atoms with Gasteiger partial charge < -0.3 is 16.0 Å². The largest absolute Gasteiger partial charge is 0.375 e. The molecule has 0 spiro atoms. The lowest BCUT2D eigenvalue weighted by molar-refractivity contribution is 0.726. The van der Waals surface area contributed by atoms with Crippen molar-refractivity contribution in [1.29, 1.82) is 0 Å². The minimum absolute atomic E-state index is 0.497. The molecule has 1 rings (SSSR count). The number of rotatable bonds is 8. The zero-order chi connectivity index (χ0) is 13.9. The molecule has 4 nitrogen and oxygen atoms in total. The summed E-state index contributed by atoms with van der Waals surface area (Å²) in [5.74, 6) is 0.497. The minimum Gasteiger partial charge on any atom is -0.375 e. The molecule has 0 aromatic heterocycles. The number of anilines is 1. The van der Waals surface area contributed by atoms with Gasteiger partial charge in [0, 0.05) is 32.4 Å². The van der Waals surface area contributed by atoms with E-state index in [0.717, 1.165) is 25.9 Å². The van der Waals surface area contributed by atoms with Gasteiger partial charge in [0.2, 0.25) is 0 Å². The van der Waals surface area contributed by atoms with Crippen LogP contribution in [-0.4, -0.2) is 32.6 Å². The Hall–Kier alpha value is -1.97. The van der Waals surface area contributed by atoms with Crippen LogP contribution >= 0.6 is 0 Å². The van der Waals surface area contributed by atoms with E-state index in [4.69, 9.17) is 5.73 Å². The number of nitrogens with one attached hydrogen (secondary N) is 1. The summed E-state index contributed by atoms with van der Waals surface area (Å²) in [7, 11) is 2.11. The van der Waals surface area contributed by atoms with Gasteiger partial charge in [0.25, 0.3) is 0 Å². The number of nitrogens with two attached hydrogens (primary N) is 1. The molecule has 19 heavy (non-hydrogen) atoms. The first-order chi connectivity index (χ1) is 9.24. The van der Waals surface area contributed by atoms with Crippen molar-refractivity contribution in [3.63, 3.8) is 0 Å². The van der Waals surface area contributed by atoms with Crippen LogP contribution in [0.3, 0.4) is 0 Å². The maximum absolute atomic E-state index is 5.67. The molecule has 0 aliphatic heterocycles. The van der Waals surface area contributed by atoms with Crippen molar-refractivity contribution in [2.75, 3.05) is 31.6 Å². The highest BCUT2D eigenvalue weighted by atomic mass is 15.1. The van der Waals surface area contributed by atoms with E-state index < -0.39 is 0 Å². The number of hydrogen-bond donors (Lipinski definition) is 2. The number of hydrogen-bond acceptors (Lipinski definition) is 2. The molecule has 0 aliphatic rings. The molecule has 0 aliphatic carbocycles. The molecule has 0 unspecified atom stereocenters. The second-order valence-electron chi connectivity index (χ2n) is 4.40. The third kappa shape index (κ3) is 6.50. The smallest absolute Gasteiger partial charge is 0.188 e. The Balaban J connectivity index is 2.15. The molecular weight excluding hydrogens is 236 g/mol. The molecule has 3 N–H and O–H groups in total. The third-order valence-electron chi connectivity index (χ3n) is 2.81. The van der Waals surface area contributed by atoms with Gasteiger partial charge >= 0.3 is 0 Å². The van der Waals surface area contributed by atoms with Crippen molar-refractivity contribution in [3.05, 3.63) is 43.0 Å². The van der Waals surface area contributed by atoms with Gasteiger partial charge in [-0.15, -0.1) is 6.58 Å². The minimum atomic E-state index is 0.497. The average Bonchev–Trinajstić information content (AvgIpc) is 2.45. The molecule has 0 saturated carbocycles. The molecule has 0 atom stereocenters. The van der Waals surface area contributed by atoms with Gasteiger partial charge in [0.15, 0.2) is 5.96 Å². The number of benzene rings is 1. The van der Waals surface area contributed by atoms with Gasteiger partial charge in [-0.25, -0.2) is 0 Å².